The molecule has 0 saturated carbocycles. The van der Waals surface area contributed by atoms with Gasteiger partial charge in [-0.2, -0.15) is 0 Å². The molecule has 1 aromatic carbocycles. The monoisotopic (exact) mass is 307 g/mol. The van der Waals surface area contributed by atoms with Gasteiger partial charge in [-0.15, -0.1) is 0 Å². The average Bonchev–Trinajstić information content (AvgIpc) is 2.92. The number of benzene rings is 1. The Balaban J connectivity index is 2.13. The molecule has 0 atom stereocenters. The van der Waals surface area contributed by atoms with Crippen molar-refractivity contribution in [2.24, 2.45) is 0 Å². The van der Waals surface area contributed by atoms with Crippen molar-refractivity contribution in [3.8, 4) is 11.3 Å². The van der Waals surface area contributed by atoms with Crippen molar-refractivity contribution in [1.82, 2.24) is 5.32 Å². The minimum atomic E-state index is -0.985. The fourth-order valence-electron chi connectivity index (χ4n) is 1.98. The Bertz CT molecular complexity index is 622. The molecule has 0 saturated heterocycles. The maximum atomic E-state index is 11.0. The number of carbonyl (C=O) groups is 1. The van der Waals surface area contributed by atoms with Crippen LogP contribution in [0.1, 0.15) is 35.9 Å². The van der Waals surface area contributed by atoms with Crippen LogP contribution in [0.4, 0.5) is 0 Å². The van der Waals surface area contributed by atoms with Crippen LogP contribution in [0.25, 0.3) is 11.3 Å². The molecule has 1 heterocycles. The average molecular weight is 308 g/mol. The molecule has 112 valence electrons. The Hall–Kier alpha value is -1.78. The van der Waals surface area contributed by atoms with Gasteiger partial charge in [0.1, 0.15) is 11.5 Å². The zero-order valence-electron chi connectivity index (χ0n) is 11.9. The number of aromatic carboxylic acids is 1. The molecule has 0 fully saturated rings. The summed E-state index contributed by atoms with van der Waals surface area (Å²) >= 11 is 6.12. The Kier molecular flexibility index (Phi) is 5.42. The summed E-state index contributed by atoms with van der Waals surface area (Å²) < 4.78 is 5.73. The van der Waals surface area contributed by atoms with Crippen molar-refractivity contribution in [3.05, 3.63) is 46.7 Å². The lowest BCUT2D eigenvalue weighted by atomic mass is 10.1. The number of carboxylic acids is 1. The molecule has 1 aromatic heterocycles. The quantitative estimate of drug-likeness (QED) is 0.753. The third kappa shape index (κ3) is 4.09. The number of unbranched alkanes of at least 4 members (excludes halogenated alkanes) is 1. The van der Waals surface area contributed by atoms with Gasteiger partial charge in [-0.3, -0.25) is 0 Å². The maximum absolute atomic E-state index is 11.0. The zero-order chi connectivity index (χ0) is 15.2. The van der Waals surface area contributed by atoms with E-state index in [9.17, 15) is 4.79 Å². The molecule has 0 radical (unpaired) electrons. The van der Waals surface area contributed by atoms with Crippen LogP contribution in [0.5, 0.6) is 0 Å². The number of halogens is 1. The fraction of sp³-hybridized carbons (Fsp3) is 0.312. The number of carboxylic acid groups (broad SMARTS) is 1. The van der Waals surface area contributed by atoms with E-state index in [4.69, 9.17) is 21.1 Å². The number of nitrogens with one attached hydrogen (secondary N) is 1. The van der Waals surface area contributed by atoms with Gasteiger partial charge >= 0.3 is 5.97 Å². The first kappa shape index (κ1) is 15.6. The van der Waals surface area contributed by atoms with E-state index in [1.54, 1.807) is 6.07 Å². The molecule has 0 spiro atoms. The second-order valence-electron chi connectivity index (χ2n) is 4.80. The molecular formula is C16H18ClNO3. The first-order valence-corrected chi connectivity index (χ1v) is 7.32. The highest BCUT2D eigenvalue weighted by Crippen LogP contribution is 2.30. The standard InChI is InChI=1S/C16H18ClNO3/c1-2-3-8-18-10-12-5-7-15(21-12)13-9-11(16(19)20)4-6-14(13)17/h4-7,9,18H,2-3,8,10H2,1H3,(H,19,20). The van der Waals surface area contributed by atoms with E-state index in [-0.39, 0.29) is 5.56 Å². The second-order valence-corrected chi connectivity index (χ2v) is 5.20. The predicted molar refractivity (Wildman–Crippen MR) is 82.7 cm³/mol. The van der Waals surface area contributed by atoms with E-state index in [0.717, 1.165) is 25.1 Å². The van der Waals surface area contributed by atoms with Crippen LogP contribution in [0, 0.1) is 0 Å². The molecule has 5 heteroatoms. The van der Waals surface area contributed by atoms with Crippen molar-refractivity contribution < 1.29 is 14.3 Å². The molecule has 0 aliphatic heterocycles. The van der Waals surface area contributed by atoms with Crippen LogP contribution in [0.15, 0.2) is 34.7 Å². The Morgan fingerprint density at radius 2 is 2.14 bits per heavy atom. The van der Waals surface area contributed by atoms with Crippen LogP contribution >= 0.6 is 11.6 Å². The van der Waals surface area contributed by atoms with Gasteiger partial charge in [-0.05, 0) is 43.3 Å². The lowest BCUT2D eigenvalue weighted by Gasteiger charge is -2.03. The van der Waals surface area contributed by atoms with Crippen LogP contribution in [-0.4, -0.2) is 17.6 Å². The molecule has 0 amide bonds. The van der Waals surface area contributed by atoms with E-state index in [1.165, 1.54) is 12.1 Å². The van der Waals surface area contributed by atoms with Crippen molar-refractivity contribution in [3.63, 3.8) is 0 Å². The molecule has 0 unspecified atom stereocenters. The van der Waals surface area contributed by atoms with Crippen LogP contribution in [0.2, 0.25) is 5.02 Å². The van der Waals surface area contributed by atoms with Crippen LogP contribution in [-0.2, 0) is 6.54 Å². The summed E-state index contributed by atoms with van der Waals surface area (Å²) in [5.41, 5.74) is 0.782. The topological polar surface area (TPSA) is 62.5 Å². The first-order valence-electron chi connectivity index (χ1n) is 6.94. The molecule has 0 aliphatic rings. The largest absolute Gasteiger partial charge is 0.478 e. The van der Waals surface area contributed by atoms with E-state index in [2.05, 4.69) is 12.2 Å². The maximum Gasteiger partial charge on any atom is 0.335 e. The SMILES string of the molecule is CCCCNCc1ccc(-c2cc(C(=O)O)ccc2Cl)o1. The lowest BCUT2D eigenvalue weighted by Crippen LogP contribution is -2.13. The predicted octanol–water partition coefficient (Wildman–Crippen LogP) is 4.19. The summed E-state index contributed by atoms with van der Waals surface area (Å²) in [5, 5.41) is 12.8. The van der Waals surface area contributed by atoms with Crippen molar-refractivity contribution in [1.29, 1.82) is 0 Å². The first-order chi connectivity index (χ1) is 10.1. The van der Waals surface area contributed by atoms with E-state index < -0.39 is 5.97 Å². The zero-order valence-corrected chi connectivity index (χ0v) is 12.6. The number of rotatable bonds is 7. The summed E-state index contributed by atoms with van der Waals surface area (Å²) in [6, 6.07) is 8.26. The lowest BCUT2D eigenvalue weighted by molar-refractivity contribution is 0.0697. The fourth-order valence-corrected chi connectivity index (χ4v) is 2.19. The Morgan fingerprint density at radius 1 is 1.33 bits per heavy atom. The summed E-state index contributed by atoms with van der Waals surface area (Å²) in [7, 11) is 0. The molecule has 2 N–H and O–H groups in total. The summed E-state index contributed by atoms with van der Waals surface area (Å²) in [5.74, 6) is 0.397. The van der Waals surface area contributed by atoms with Crippen molar-refractivity contribution in [2.45, 2.75) is 26.3 Å². The highest BCUT2D eigenvalue weighted by molar-refractivity contribution is 6.33. The molecule has 4 nitrogen and oxygen atoms in total. The molecule has 0 bridgehead atoms. The molecule has 0 aliphatic carbocycles. The van der Waals surface area contributed by atoms with Gasteiger partial charge in [0.25, 0.3) is 0 Å². The van der Waals surface area contributed by atoms with Crippen LogP contribution < -0.4 is 5.32 Å². The third-order valence-corrected chi connectivity index (χ3v) is 3.48. The minimum Gasteiger partial charge on any atom is -0.478 e. The molecule has 21 heavy (non-hydrogen) atoms. The van der Waals surface area contributed by atoms with Crippen molar-refractivity contribution >= 4 is 17.6 Å². The second kappa shape index (κ2) is 7.29. The number of hydrogen-bond acceptors (Lipinski definition) is 3. The Morgan fingerprint density at radius 3 is 2.86 bits per heavy atom. The van der Waals surface area contributed by atoms with E-state index in [0.29, 0.717) is 22.9 Å². The number of furan rings is 1. The van der Waals surface area contributed by atoms with Gasteiger partial charge in [0.05, 0.1) is 17.1 Å². The van der Waals surface area contributed by atoms with Gasteiger partial charge in [0, 0.05) is 5.56 Å². The Labute approximate surface area is 128 Å². The van der Waals surface area contributed by atoms with E-state index >= 15 is 0 Å². The summed E-state index contributed by atoms with van der Waals surface area (Å²) in [6.07, 6.45) is 2.27. The van der Waals surface area contributed by atoms with Gasteiger partial charge in [-0.1, -0.05) is 24.9 Å². The van der Waals surface area contributed by atoms with Crippen LogP contribution in [0.3, 0.4) is 0 Å². The van der Waals surface area contributed by atoms with Crippen molar-refractivity contribution in [2.75, 3.05) is 6.54 Å². The smallest absolute Gasteiger partial charge is 0.335 e. The highest BCUT2D eigenvalue weighted by atomic mass is 35.5. The van der Waals surface area contributed by atoms with Gasteiger partial charge in [0.2, 0.25) is 0 Å². The molecule has 2 rings (SSSR count). The van der Waals surface area contributed by atoms with E-state index in [1.807, 2.05) is 12.1 Å². The normalized spacial score (nSPS) is 10.8. The third-order valence-electron chi connectivity index (χ3n) is 3.15. The summed E-state index contributed by atoms with van der Waals surface area (Å²) in [6.45, 7) is 3.74. The molecular weight excluding hydrogens is 290 g/mol. The van der Waals surface area contributed by atoms with Gasteiger partial charge in [0.15, 0.2) is 0 Å². The highest BCUT2D eigenvalue weighted by Gasteiger charge is 2.12. The van der Waals surface area contributed by atoms with Gasteiger partial charge < -0.3 is 14.8 Å². The minimum absolute atomic E-state index is 0.188. The number of hydrogen-bond donors (Lipinski definition) is 2. The summed E-state index contributed by atoms with van der Waals surface area (Å²) in [4.78, 5) is 11.0. The molecule has 2 aromatic rings. The van der Waals surface area contributed by atoms with Gasteiger partial charge in [-0.25, -0.2) is 4.79 Å².